The van der Waals surface area contributed by atoms with Crippen molar-refractivity contribution in [3.05, 3.63) is 65.2 Å². The number of carbonyl (C=O) groups excluding carboxylic acids is 1. The lowest BCUT2D eigenvalue weighted by atomic mass is 10.0. The van der Waals surface area contributed by atoms with E-state index in [0.29, 0.717) is 13.0 Å². The minimum Gasteiger partial charge on any atom is -0.493 e. The number of benzene rings is 2. The molecule has 0 aromatic heterocycles. The fourth-order valence-electron chi connectivity index (χ4n) is 3.06. The normalized spacial score (nSPS) is 13.6. The van der Waals surface area contributed by atoms with Gasteiger partial charge in [0.25, 0.3) is 0 Å². The van der Waals surface area contributed by atoms with Gasteiger partial charge in [-0.05, 0) is 29.2 Å². The molecule has 2 N–H and O–H groups in total. The number of fused-ring (bicyclic) bond motifs is 1. The molecule has 130 valence electrons. The first-order chi connectivity index (χ1) is 12.1. The van der Waals surface area contributed by atoms with Gasteiger partial charge in [0.15, 0.2) is 0 Å². The maximum Gasteiger partial charge on any atom is 0.303 e. The van der Waals surface area contributed by atoms with Crippen LogP contribution in [-0.4, -0.2) is 23.6 Å². The SMILES string of the molecule is O=C(O)CCC(NC(=O)Cc1ccc2c(c1)CCO2)c1ccccc1. The van der Waals surface area contributed by atoms with Crippen LogP contribution >= 0.6 is 0 Å². The largest absolute Gasteiger partial charge is 0.493 e. The van der Waals surface area contributed by atoms with Crippen LogP contribution in [0.3, 0.4) is 0 Å². The van der Waals surface area contributed by atoms with E-state index in [1.165, 1.54) is 0 Å². The molecule has 0 radical (unpaired) electrons. The Kier molecular flexibility index (Phi) is 5.33. The van der Waals surface area contributed by atoms with Crippen molar-refractivity contribution in [2.45, 2.75) is 31.7 Å². The summed E-state index contributed by atoms with van der Waals surface area (Å²) in [5, 5.41) is 11.9. The molecule has 2 aromatic carbocycles. The van der Waals surface area contributed by atoms with Crippen molar-refractivity contribution in [2.75, 3.05) is 6.61 Å². The van der Waals surface area contributed by atoms with E-state index in [9.17, 15) is 9.59 Å². The van der Waals surface area contributed by atoms with Gasteiger partial charge in [-0.2, -0.15) is 0 Å². The Labute approximate surface area is 146 Å². The first kappa shape index (κ1) is 17.0. The van der Waals surface area contributed by atoms with Gasteiger partial charge in [-0.25, -0.2) is 0 Å². The van der Waals surface area contributed by atoms with E-state index in [2.05, 4.69) is 5.32 Å². The highest BCUT2D eigenvalue weighted by Gasteiger charge is 2.17. The topological polar surface area (TPSA) is 75.6 Å². The van der Waals surface area contributed by atoms with Gasteiger partial charge in [0.05, 0.1) is 19.1 Å². The molecule has 1 atom stereocenters. The number of carboxylic acids is 1. The van der Waals surface area contributed by atoms with Crippen molar-refractivity contribution in [2.24, 2.45) is 0 Å². The van der Waals surface area contributed by atoms with Crippen LogP contribution in [0.5, 0.6) is 5.75 Å². The molecular weight excluding hydrogens is 318 g/mol. The third-order valence-electron chi connectivity index (χ3n) is 4.30. The molecule has 0 bridgehead atoms. The maximum atomic E-state index is 12.5. The average molecular weight is 339 g/mol. The fraction of sp³-hybridized carbons (Fsp3) is 0.300. The molecule has 1 aliphatic heterocycles. The maximum absolute atomic E-state index is 12.5. The molecule has 1 heterocycles. The number of hydrogen-bond acceptors (Lipinski definition) is 3. The number of ether oxygens (including phenoxy) is 1. The molecule has 2 aromatic rings. The highest BCUT2D eigenvalue weighted by molar-refractivity contribution is 5.79. The molecular formula is C20H21NO4. The molecule has 0 aliphatic carbocycles. The minimum absolute atomic E-state index is 0.00995. The van der Waals surface area contributed by atoms with Crippen molar-refractivity contribution >= 4 is 11.9 Å². The second-order valence-corrected chi connectivity index (χ2v) is 6.18. The molecule has 0 fully saturated rings. The Hall–Kier alpha value is -2.82. The third kappa shape index (κ3) is 4.59. The number of rotatable bonds is 7. The summed E-state index contributed by atoms with van der Waals surface area (Å²) in [7, 11) is 0. The monoisotopic (exact) mass is 339 g/mol. The Morgan fingerprint density at radius 3 is 2.72 bits per heavy atom. The molecule has 1 amide bonds. The summed E-state index contributed by atoms with van der Waals surface area (Å²) in [4.78, 5) is 23.3. The lowest BCUT2D eigenvalue weighted by molar-refractivity contribution is -0.137. The summed E-state index contributed by atoms with van der Waals surface area (Å²) in [5.74, 6) is -0.0836. The van der Waals surface area contributed by atoms with Gasteiger partial charge in [-0.1, -0.05) is 42.5 Å². The first-order valence-electron chi connectivity index (χ1n) is 8.42. The summed E-state index contributed by atoms with van der Waals surface area (Å²) in [6, 6.07) is 15.0. The number of carbonyl (C=O) groups is 2. The Balaban J connectivity index is 1.66. The van der Waals surface area contributed by atoms with E-state index in [0.717, 1.165) is 28.9 Å². The van der Waals surface area contributed by atoms with Crippen LogP contribution in [0.25, 0.3) is 0 Å². The Morgan fingerprint density at radius 1 is 1.16 bits per heavy atom. The van der Waals surface area contributed by atoms with Crippen molar-refractivity contribution < 1.29 is 19.4 Å². The summed E-state index contributed by atoms with van der Waals surface area (Å²) < 4.78 is 5.48. The predicted octanol–water partition coefficient (Wildman–Crippen LogP) is 2.89. The van der Waals surface area contributed by atoms with Gasteiger partial charge >= 0.3 is 5.97 Å². The molecule has 3 rings (SSSR count). The molecule has 5 heteroatoms. The van der Waals surface area contributed by atoms with Crippen LogP contribution in [0.1, 0.15) is 35.6 Å². The van der Waals surface area contributed by atoms with Gasteiger partial charge in [0.2, 0.25) is 5.91 Å². The van der Waals surface area contributed by atoms with Crippen LogP contribution in [0.15, 0.2) is 48.5 Å². The Morgan fingerprint density at radius 2 is 1.96 bits per heavy atom. The number of hydrogen-bond donors (Lipinski definition) is 2. The van der Waals surface area contributed by atoms with Gasteiger partial charge in [0.1, 0.15) is 5.75 Å². The van der Waals surface area contributed by atoms with Crippen molar-refractivity contribution in [1.29, 1.82) is 0 Å². The average Bonchev–Trinajstić information content (AvgIpc) is 3.07. The standard InChI is InChI=1S/C20H21NO4/c22-19(13-14-6-8-18-16(12-14)10-11-25-18)21-17(7-9-20(23)24)15-4-2-1-3-5-15/h1-6,8,12,17H,7,9-11,13H2,(H,21,22)(H,23,24). The number of carboxylic acid groups (broad SMARTS) is 1. The third-order valence-corrected chi connectivity index (χ3v) is 4.30. The van der Waals surface area contributed by atoms with Gasteiger partial charge in [-0.15, -0.1) is 0 Å². The van der Waals surface area contributed by atoms with E-state index in [-0.39, 0.29) is 24.8 Å². The van der Waals surface area contributed by atoms with E-state index < -0.39 is 5.97 Å². The smallest absolute Gasteiger partial charge is 0.303 e. The quantitative estimate of drug-likeness (QED) is 0.813. The van der Waals surface area contributed by atoms with Crippen LogP contribution in [-0.2, 0) is 22.4 Å². The molecule has 0 saturated carbocycles. The zero-order valence-electron chi connectivity index (χ0n) is 13.9. The lowest BCUT2D eigenvalue weighted by Crippen LogP contribution is -2.30. The zero-order valence-corrected chi connectivity index (χ0v) is 13.9. The van der Waals surface area contributed by atoms with E-state index in [1.807, 2.05) is 48.5 Å². The van der Waals surface area contributed by atoms with E-state index in [4.69, 9.17) is 9.84 Å². The zero-order chi connectivity index (χ0) is 17.6. The Bertz CT molecular complexity index is 758. The molecule has 1 aliphatic rings. The van der Waals surface area contributed by atoms with Crippen LogP contribution in [0, 0.1) is 0 Å². The van der Waals surface area contributed by atoms with Gasteiger partial charge in [0, 0.05) is 12.8 Å². The molecule has 0 spiro atoms. The molecule has 5 nitrogen and oxygen atoms in total. The minimum atomic E-state index is -0.867. The number of amides is 1. The predicted molar refractivity (Wildman–Crippen MR) is 93.5 cm³/mol. The van der Waals surface area contributed by atoms with Crippen LogP contribution < -0.4 is 10.1 Å². The second-order valence-electron chi connectivity index (χ2n) is 6.18. The van der Waals surface area contributed by atoms with Crippen LogP contribution in [0.4, 0.5) is 0 Å². The summed E-state index contributed by atoms with van der Waals surface area (Å²) >= 11 is 0. The molecule has 1 unspecified atom stereocenters. The number of aliphatic carboxylic acids is 1. The number of nitrogens with one attached hydrogen (secondary N) is 1. The van der Waals surface area contributed by atoms with Gasteiger partial charge in [-0.3, -0.25) is 9.59 Å². The van der Waals surface area contributed by atoms with Crippen molar-refractivity contribution in [1.82, 2.24) is 5.32 Å². The van der Waals surface area contributed by atoms with E-state index in [1.54, 1.807) is 0 Å². The fourth-order valence-corrected chi connectivity index (χ4v) is 3.06. The summed E-state index contributed by atoms with van der Waals surface area (Å²) in [6.45, 7) is 0.691. The summed E-state index contributed by atoms with van der Waals surface area (Å²) in [5.41, 5.74) is 2.99. The molecule has 0 saturated heterocycles. The second kappa shape index (κ2) is 7.83. The molecule has 25 heavy (non-hydrogen) atoms. The van der Waals surface area contributed by atoms with E-state index >= 15 is 0 Å². The first-order valence-corrected chi connectivity index (χ1v) is 8.42. The lowest BCUT2D eigenvalue weighted by Gasteiger charge is -2.18. The van der Waals surface area contributed by atoms with Crippen molar-refractivity contribution in [3.63, 3.8) is 0 Å². The highest BCUT2D eigenvalue weighted by atomic mass is 16.5. The summed E-state index contributed by atoms with van der Waals surface area (Å²) in [6.07, 6.45) is 1.51. The van der Waals surface area contributed by atoms with Gasteiger partial charge < -0.3 is 15.2 Å². The van der Waals surface area contributed by atoms with Crippen LogP contribution in [0.2, 0.25) is 0 Å². The highest BCUT2D eigenvalue weighted by Crippen LogP contribution is 2.26. The van der Waals surface area contributed by atoms with Crippen molar-refractivity contribution in [3.8, 4) is 5.75 Å².